The van der Waals surface area contributed by atoms with Crippen LogP contribution in [0.1, 0.15) is 18.4 Å². The van der Waals surface area contributed by atoms with E-state index in [0.717, 1.165) is 30.7 Å². The molecule has 5 heteroatoms. The lowest BCUT2D eigenvalue weighted by atomic mass is 10.2. The van der Waals surface area contributed by atoms with Crippen molar-refractivity contribution in [3.63, 3.8) is 0 Å². The van der Waals surface area contributed by atoms with Crippen LogP contribution in [-0.2, 0) is 6.54 Å². The molecule has 1 aliphatic rings. The summed E-state index contributed by atoms with van der Waals surface area (Å²) in [6, 6.07) is 8.05. The maximum atomic E-state index is 5.13. The molecule has 0 aliphatic heterocycles. The minimum Gasteiger partial charge on any atom is -0.497 e. The molecule has 0 amide bonds. The van der Waals surface area contributed by atoms with Crippen molar-refractivity contribution in [3.8, 4) is 5.75 Å². The van der Waals surface area contributed by atoms with E-state index in [-0.39, 0.29) is 24.0 Å². The van der Waals surface area contributed by atoms with E-state index < -0.39 is 0 Å². The van der Waals surface area contributed by atoms with E-state index in [4.69, 9.17) is 4.74 Å². The number of halogens is 1. The molecule has 0 bridgehead atoms. The Kier molecular flexibility index (Phi) is 6.97. The van der Waals surface area contributed by atoms with E-state index in [0.29, 0.717) is 0 Å². The zero-order chi connectivity index (χ0) is 12.8. The lowest BCUT2D eigenvalue weighted by molar-refractivity contribution is 0.414. The second kappa shape index (κ2) is 8.24. The maximum absolute atomic E-state index is 5.13. The maximum Gasteiger partial charge on any atom is 0.191 e. The Morgan fingerprint density at radius 2 is 1.95 bits per heavy atom. The first kappa shape index (κ1) is 16.1. The van der Waals surface area contributed by atoms with Crippen LogP contribution < -0.4 is 15.4 Å². The lowest BCUT2D eigenvalue weighted by Crippen LogP contribution is -2.37. The third-order valence-electron chi connectivity index (χ3n) is 3.10. The summed E-state index contributed by atoms with van der Waals surface area (Å²) in [6.07, 6.45) is 2.70. The molecule has 0 spiro atoms. The Morgan fingerprint density at radius 3 is 2.47 bits per heavy atom. The normalized spacial score (nSPS) is 14.5. The second-order valence-electron chi connectivity index (χ2n) is 4.60. The van der Waals surface area contributed by atoms with Crippen molar-refractivity contribution in [2.45, 2.75) is 19.4 Å². The summed E-state index contributed by atoms with van der Waals surface area (Å²) < 4.78 is 5.13. The molecule has 0 heterocycles. The van der Waals surface area contributed by atoms with Crippen molar-refractivity contribution in [3.05, 3.63) is 29.8 Å². The van der Waals surface area contributed by atoms with Crippen molar-refractivity contribution in [1.82, 2.24) is 10.6 Å². The highest BCUT2D eigenvalue weighted by Crippen LogP contribution is 2.27. The summed E-state index contributed by atoms with van der Waals surface area (Å²) in [7, 11) is 3.48. The molecule has 2 N–H and O–H groups in total. The van der Waals surface area contributed by atoms with Gasteiger partial charge in [0, 0.05) is 20.1 Å². The van der Waals surface area contributed by atoms with Crippen molar-refractivity contribution < 1.29 is 4.74 Å². The zero-order valence-electron chi connectivity index (χ0n) is 11.5. The van der Waals surface area contributed by atoms with E-state index in [2.05, 4.69) is 27.8 Å². The fraction of sp³-hybridized carbons (Fsp3) is 0.500. The largest absolute Gasteiger partial charge is 0.497 e. The van der Waals surface area contributed by atoms with E-state index >= 15 is 0 Å². The number of methoxy groups -OCH3 is 1. The highest BCUT2D eigenvalue weighted by molar-refractivity contribution is 14.0. The topological polar surface area (TPSA) is 45.7 Å². The van der Waals surface area contributed by atoms with Gasteiger partial charge in [-0.2, -0.15) is 0 Å². The molecule has 0 saturated heterocycles. The molecule has 1 saturated carbocycles. The molecule has 19 heavy (non-hydrogen) atoms. The van der Waals surface area contributed by atoms with Gasteiger partial charge in [-0.3, -0.25) is 4.99 Å². The van der Waals surface area contributed by atoms with Crippen LogP contribution in [0.2, 0.25) is 0 Å². The summed E-state index contributed by atoms with van der Waals surface area (Å²) in [5.41, 5.74) is 1.21. The molecular formula is C14H22IN3O. The third kappa shape index (κ3) is 5.67. The van der Waals surface area contributed by atoms with Gasteiger partial charge in [0.15, 0.2) is 5.96 Å². The molecule has 0 radical (unpaired) electrons. The second-order valence-corrected chi connectivity index (χ2v) is 4.60. The van der Waals surface area contributed by atoms with Gasteiger partial charge in [0.25, 0.3) is 0 Å². The van der Waals surface area contributed by atoms with Gasteiger partial charge in [0.05, 0.1) is 7.11 Å². The van der Waals surface area contributed by atoms with Crippen LogP contribution >= 0.6 is 24.0 Å². The SMILES string of the molecule is CN=C(NCc1ccc(OC)cc1)NCC1CC1.I. The van der Waals surface area contributed by atoms with Crippen molar-refractivity contribution >= 4 is 29.9 Å². The standard InChI is InChI=1S/C14H21N3O.HI/c1-15-14(16-9-11-3-4-11)17-10-12-5-7-13(18-2)8-6-12;/h5-8,11H,3-4,9-10H2,1-2H3,(H2,15,16,17);1H. The van der Waals surface area contributed by atoms with Gasteiger partial charge in [0.1, 0.15) is 5.75 Å². The third-order valence-corrected chi connectivity index (χ3v) is 3.10. The van der Waals surface area contributed by atoms with Crippen LogP contribution in [0.15, 0.2) is 29.3 Å². The van der Waals surface area contributed by atoms with Gasteiger partial charge in [-0.05, 0) is 36.5 Å². The lowest BCUT2D eigenvalue weighted by Gasteiger charge is -2.11. The summed E-state index contributed by atoms with van der Waals surface area (Å²) in [4.78, 5) is 4.21. The van der Waals surface area contributed by atoms with E-state index in [1.165, 1.54) is 18.4 Å². The number of guanidine groups is 1. The average molecular weight is 375 g/mol. The smallest absolute Gasteiger partial charge is 0.191 e. The van der Waals surface area contributed by atoms with Gasteiger partial charge in [-0.25, -0.2) is 0 Å². The van der Waals surface area contributed by atoms with Crippen LogP contribution in [0.3, 0.4) is 0 Å². The molecule has 1 fully saturated rings. The highest BCUT2D eigenvalue weighted by Gasteiger charge is 2.20. The van der Waals surface area contributed by atoms with E-state index in [1.54, 1.807) is 14.2 Å². The fourth-order valence-electron chi connectivity index (χ4n) is 1.71. The molecule has 1 aromatic carbocycles. The molecule has 0 unspecified atom stereocenters. The van der Waals surface area contributed by atoms with Crippen LogP contribution in [0.4, 0.5) is 0 Å². The zero-order valence-corrected chi connectivity index (χ0v) is 13.8. The van der Waals surface area contributed by atoms with Crippen molar-refractivity contribution in [2.24, 2.45) is 10.9 Å². The Morgan fingerprint density at radius 1 is 1.26 bits per heavy atom. The minimum absolute atomic E-state index is 0. The molecule has 0 atom stereocenters. The Bertz CT molecular complexity index is 402. The first-order valence-corrected chi connectivity index (χ1v) is 6.39. The number of hydrogen-bond acceptors (Lipinski definition) is 2. The Labute approximate surface area is 132 Å². The summed E-state index contributed by atoms with van der Waals surface area (Å²) in [5, 5.41) is 6.64. The van der Waals surface area contributed by atoms with Crippen LogP contribution in [-0.4, -0.2) is 26.7 Å². The number of rotatable bonds is 5. The molecular weight excluding hydrogens is 353 g/mol. The molecule has 4 nitrogen and oxygen atoms in total. The fourth-order valence-corrected chi connectivity index (χ4v) is 1.71. The summed E-state index contributed by atoms with van der Waals surface area (Å²) in [6.45, 7) is 1.80. The number of ether oxygens (including phenoxy) is 1. The Hall–Kier alpha value is -0.980. The van der Waals surface area contributed by atoms with Crippen molar-refractivity contribution in [2.75, 3.05) is 20.7 Å². The van der Waals surface area contributed by atoms with Crippen LogP contribution in [0.25, 0.3) is 0 Å². The molecule has 106 valence electrons. The van der Waals surface area contributed by atoms with Gasteiger partial charge in [-0.1, -0.05) is 12.1 Å². The summed E-state index contributed by atoms with van der Waals surface area (Å²) >= 11 is 0. The predicted molar refractivity (Wildman–Crippen MR) is 89.3 cm³/mol. The van der Waals surface area contributed by atoms with Crippen LogP contribution in [0, 0.1) is 5.92 Å². The first-order valence-electron chi connectivity index (χ1n) is 6.39. The number of benzene rings is 1. The van der Waals surface area contributed by atoms with Crippen LogP contribution in [0.5, 0.6) is 5.75 Å². The number of hydrogen-bond donors (Lipinski definition) is 2. The number of nitrogens with one attached hydrogen (secondary N) is 2. The van der Waals surface area contributed by atoms with Gasteiger partial charge >= 0.3 is 0 Å². The quantitative estimate of drug-likeness (QED) is 0.472. The van der Waals surface area contributed by atoms with Gasteiger partial charge in [0.2, 0.25) is 0 Å². The van der Waals surface area contributed by atoms with Gasteiger partial charge < -0.3 is 15.4 Å². The molecule has 1 aromatic rings. The van der Waals surface area contributed by atoms with E-state index in [9.17, 15) is 0 Å². The van der Waals surface area contributed by atoms with Crippen molar-refractivity contribution in [1.29, 1.82) is 0 Å². The highest BCUT2D eigenvalue weighted by atomic mass is 127. The molecule has 0 aromatic heterocycles. The monoisotopic (exact) mass is 375 g/mol. The Balaban J connectivity index is 0.00000180. The number of nitrogens with zero attached hydrogens (tertiary/aromatic N) is 1. The molecule has 2 rings (SSSR count). The van der Waals surface area contributed by atoms with E-state index in [1.807, 2.05) is 12.1 Å². The molecule has 1 aliphatic carbocycles. The minimum atomic E-state index is 0. The number of aliphatic imine (C=N–C) groups is 1. The average Bonchev–Trinajstić information content (AvgIpc) is 3.24. The summed E-state index contributed by atoms with van der Waals surface area (Å²) in [5.74, 6) is 2.61. The first-order chi connectivity index (χ1) is 8.81. The van der Waals surface area contributed by atoms with Gasteiger partial charge in [-0.15, -0.1) is 24.0 Å². The predicted octanol–water partition coefficient (Wildman–Crippen LogP) is 2.39.